The number of nitrogens with zero attached hydrogens (tertiary/aromatic N) is 1. The fraction of sp³-hybridized carbons (Fsp3) is 0.464. The molecule has 166 valence electrons. The second kappa shape index (κ2) is 10.2. The maximum absolute atomic E-state index is 5.61. The van der Waals surface area contributed by atoms with E-state index in [9.17, 15) is 0 Å². The van der Waals surface area contributed by atoms with Crippen LogP contribution in [0.3, 0.4) is 0 Å². The molecule has 1 aromatic heterocycles. The molecule has 0 saturated heterocycles. The van der Waals surface area contributed by atoms with Gasteiger partial charge >= 0.3 is 0 Å². The van der Waals surface area contributed by atoms with Crippen molar-refractivity contribution >= 4 is 10.8 Å². The Morgan fingerprint density at radius 3 is 2.13 bits per heavy atom. The highest BCUT2D eigenvalue weighted by atomic mass is 16.5. The summed E-state index contributed by atoms with van der Waals surface area (Å²) in [6.07, 6.45) is 8.29. The molecule has 31 heavy (non-hydrogen) atoms. The zero-order valence-electron chi connectivity index (χ0n) is 20.1. The first kappa shape index (κ1) is 23.1. The zero-order chi connectivity index (χ0) is 22.4. The zero-order valence-corrected chi connectivity index (χ0v) is 20.1. The predicted octanol–water partition coefficient (Wildman–Crippen LogP) is 6.61. The number of aromatic nitrogens is 1. The third-order valence-electron chi connectivity index (χ3n) is 6.09. The molecule has 3 aromatic rings. The van der Waals surface area contributed by atoms with Crippen LogP contribution in [0.15, 0.2) is 48.7 Å². The van der Waals surface area contributed by atoms with Crippen LogP contribution >= 0.6 is 0 Å². The number of rotatable bonds is 9. The molecule has 0 spiro atoms. The highest BCUT2D eigenvalue weighted by Crippen LogP contribution is 2.33. The van der Waals surface area contributed by atoms with Crippen LogP contribution in [-0.2, 0) is 18.4 Å². The molecule has 3 rings (SSSR count). The molecule has 3 nitrogen and oxygen atoms in total. The van der Waals surface area contributed by atoms with Gasteiger partial charge in [0.2, 0.25) is 0 Å². The summed E-state index contributed by atoms with van der Waals surface area (Å²) in [5.41, 5.74) is 4.24. The monoisotopic (exact) mass is 420 g/mol. The quantitative estimate of drug-likeness (QED) is 0.287. The van der Waals surface area contributed by atoms with E-state index in [1.807, 2.05) is 0 Å². The van der Waals surface area contributed by atoms with Crippen LogP contribution in [0.5, 0.6) is 11.5 Å². The van der Waals surface area contributed by atoms with Crippen LogP contribution in [0.25, 0.3) is 10.8 Å². The second-order valence-corrected chi connectivity index (χ2v) is 9.44. The fourth-order valence-electron chi connectivity index (χ4n) is 4.15. The number of hydrogen-bond donors (Lipinski definition) is 0. The summed E-state index contributed by atoms with van der Waals surface area (Å²) in [5.74, 6) is 1.57. The van der Waals surface area contributed by atoms with Gasteiger partial charge in [-0.3, -0.25) is 0 Å². The van der Waals surface area contributed by atoms with Gasteiger partial charge in [0.15, 0.2) is 29.9 Å². The second-order valence-electron chi connectivity index (χ2n) is 9.44. The van der Waals surface area contributed by atoms with E-state index in [1.54, 1.807) is 14.2 Å². The van der Waals surface area contributed by atoms with Crippen molar-refractivity contribution in [3.8, 4) is 11.5 Å². The summed E-state index contributed by atoms with van der Waals surface area (Å²) in [7, 11) is 3.40. The molecule has 0 aliphatic rings. The minimum Gasteiger partial charge on any atom is -0.493 e. The topological polar surface area (TPSA) is 22.3 Å². The lowest BCUT2D eigenvalue weighted by Gasteiger charge is -2.19. The number of hydrogen-bond acceptors (Lipinski definition) is 2. The Morgan fingerprint density at radius 1 is 0.839 bits per heavy atom. The van der Waals surface area contributed by atoms with Crippen molar-refractivity contribution in [1.82, 2.24) is 0 Å². The largest absolute Gasteiger partial charge is 0.493 e. The molecule has 0 atom stereocenters. The lowest BCUT2D eigenvalue weighted by Crippen LogP contribution is -2.39. The number of benzene rings is 2. The van der Waals surface area contributed by atoms with E-state index in [2.05, 4.69) is 80.9 Å². The lowest BCUT2D eigenvalue weighted by molar-refractivity contribution is -0.694. The Kier molecular flexibility index (Phi) is 7.59. The minimum absolute atomic E-state index is 0.175. The molecule has 0 fully saturated rings. The van der Waals surface area contributed by atoms with Crippen LogP contribution in [0.1, 0.15) is 70.2 Å². The summed E-state index contributed by atoms with van der Waals surface area (Å²) in [4.78, 5) is 0. The van der Waals surface area contributed by atoms with Crippen molar-refractivity contribution in [2.24, 2.45) is 0 Å². The Hall–Kier alpha value is -2.55. The minimum atomic E-state index is 0.175. The molecule has 0 N–H and O–H groups in total. The number of pyridine rings is 1. The first-order valence-electron chi connectivity index (χ1n) is 11.5. The van der Waals surface area contributed by atoms with Crippen molar-refractivity contribution in [3.05, 3.63) is 65.5 Å². The summed E-state index contributed by atoms with van der Waals surface area (Å²) in [6, 6.07) is 15.5. The maximum Gasteiger partial charge on any atom is 0.189 e. The first-order valence-corrected chi connectivity index (χ1v) is 11.5. The van der Waals surface area contributed by atoms with E-state index >= 15 is 0 Å². The Labute approximate surface area is 188 Å². The van der Waals surface area contributed by atoms with Crippen molar-refractivity contribution in [2.45, 2.75) is 71.8 Å². The Morgan fingerprint density at radius 2 is 1.52 bits per heavy atom. The molecule has 2 aromatic carbocycles. The normalized spacial score (nSPS) is 11.7. The van der Waals surface area contributed by atoms with E-state index in [-0.39, 0.29) is 5.41 Å². The van der Waals surface area contributed by atoms with Gasteiger partial charge in [-0.1, -0.05) is 71.2 Å². The van der Waals surface area contributed by atoms with Crippen LogP contribution in [0.4, 0.5) is 0 Å². The van der Waals surface area contributed by atoms with Crippen LogP contribution < -0.4 is 14.0 Å². The van der Waals surface area contributed by atoms with Gasteiger partial charge in [-0.2, -0.15) is 4.57 Å². The molecular weight excluding hydrogens is 382 g/mol. The molecule has 0 amide bonds. The van der Waals surface area contributed by atoms with Crippen molar-refractivity contribution in [1.29, 1.82) is 0 Å². The van der Waals surface area contributed by atoms with Crippen molar-refractivity contribution in [2.75, 3.05) is 14.2 Å². The van der Waals surface area contributed by atoms with Gasteiger partial charge in [0, 0.05) is 18.1 Å². The summed E-state index contributed by atoms with van der Waals surface area (Å²) in [5, 5.41) is 2.45. The smallest absolute Gasteiger partial charge is 0.189 e. The molecule has 1 heterocycles. The first-order chi connectivity index (χ1) is 14.9. The molecule has 0 unspecified atom stereocenters. The fourth-order valence-corrected chi connectivity index (χ4v) is 4.15. The molecule has 0 aliphatic heterocycles. The average Bonchev–Trinajstić information content (AvgIpc) is 2.76. The summed E-state index contributed by atoms with van der Waals surface area (Å²) in [6.45, 7) is 9.91. The van der Waals surface area contributed by atoms with Gasteiger partial charge < -0.3 is 9.47 Å². The molecule has 0 radical (unpaired) electrons. The molecule has 3 heteroatoms. The number of methoxy groups -OCH3 is 2. The lowest BCUT2D eigenvalue weighted by atomic mass is 9.87. The van der Waals surface area contributed by atoms with Crippen molar-refractivity contribution in [3.63, 3.8) is 0 Å². The number of unbranched alkanes of at least 4 members (excludes halogenated alkanes) is 3. The molecular formula is C28H38NO2+. The third kappa shape index (κ3) is 5.58. The van der Waals surface area contributed by atoms with Gasteiger partial charge in [0.25, 0.3) is 0 Å². The van der Waals surface area contributed by atoms with Gasteiger partial charge in [0.05, 0.1) is 19.6 Å². The van der Waals surface area contributed by atoms with Crippen LogP contribution in [-0.4, -0.2) is 14.2 Å². The predicted molar refractivity (Wildman–Crippen MR) is 129 cm³/mol. The number of fused-ring (bicyclic) bond motifs is 1. The summed E-state index contributed by atoms with van der Waals surface area (Å²) >= 11 is 0. The number of aryl methyl sites for hydroxylation is 1. The van der Waals surface area contributed by atoms with Crippen LogP contribution in [0, 0.1) is 0 Å². The highest BCUT2D eigenvalue weighted by molar-refractivity contribution is 5.87. The van der Waals surface area contributed by atoms with Gasteiger partial charge in [-0.05, 0) is 34.9 Å². The van der Waals surface area contributed by atoms with E-state index in [4.69, 9.17) is 9.47 Å². The maximum atomic E-state index is 5.61. The van der Waals surface area contributed by atoms with E-state index in [1.165, 1.54) is 53.3 Å². The van der Waals surface area contributed by atoms with E-state index < -0.39 is 0 Å². The highest BCUT2D eigenvalue weighted by Gasteiger charge is 2.19. The van der Waals surface area contributed by atoms with Crippen LogP contribution in [0.2, 0.25) is 0 Å². The van der Waals surface area contributed by atoms with E-state index in [0.29, 0.717) is 0 Å². The van der Waals surface area contributed by atoms with Crippen molar-refractivity contribution < 1.29 is 14.0 Å². The Balaban J connectivity index is 2.00. The van der Waals surface area contributed by atoms with Gasteiger partial charge in [0.1, 0.15) is 0 Å². The molecule has 0 aliphatic carbocycles. The standard InChI is InChI=1S/C28H38NO2/c1-7-8-9-10-11-25-24-19-27(31-6)26(30-5)18-22(24)16-17-29(25)20-21-12-14-23(15-13-21)28(2,3)4/h12-19H,7-11,20H2,1-6H3/q+1. The molecule has 0 saturated carbocycles. The van der Waals surface area contributed by atoms with E-state index in [0.717, 1.165) is 24.5 Å². The number of ether oxygens (including phenoxy) is 2. The third-order valence-corrected chi connectivity index (χ3v) is 6.09. The molecule has 0 bridgehead atoms. The Bertz CT molecular complexity index is 1000. The summed E-state index contributed by atoms with van der Waals surface area (Å²) < 4.78 is 13.6. The SMILES string of the molecule is CCCCCCc1c2cc(OC)c(OC)cc2cc[n+]1Cc1ccc(C(C)(C)C)cc1. The van der Waals surface area contributed by atoms with Gasteiger partial charge in [-0.15, -0.1) is 0 Å². The average molecular weight is 421 g/mol. The van der Waals surface area contributed by atoms with Gasteiger partial charge in [-0.25, -0.2) is 0 Å².